The van der Waals surface area contributed by atoms with E-state index in [4.69, 9.17) is 9.72 Å². The molecule has 2 aromatic rings. The van der Waals surface area contributed by atoms with Crippen molar-refractivity contribution in [1.29, 1.82) is 0 Å². The van der Waals surface area contributed by atoms with Gasteiger partial charge in [-0.1, -0.05) is 0 Å². The van der Waals surface area contributed by atoms with E-state index in [1.54, 1.807) is 19.4 Å². The highest BCUT2D eigenvalue weighted by molar-refractivity contribution is 5.94. The van der Waals surface area contributed by atoms with Crippen LogP contribution in [0.4, 0.5) is 0 Å². The lowest BCUT2D eigenvalue weighted by Crippen LogP contribution is -2.29. The van der Waals surface area contributed by atoms with E-state index in [1.807, 2.05) is 17.9 Å². The molecule has 1 saturated carbocycles. The molecule has 7 heteroatoms. The molecular formula is C18H23N5O2. The lowest BCUT2D eigenvalue weighted by Gasteiger charge is -2.16. The van der Waals surface area contributed by atoms with Gasteiger partial charge in [-0.25, -0.2) is 4.98 Å². The van der Waals surface area contributed by atoms with Crippen LogP contribution in [0.1, 0.15) is 52.4 Å². The molecule has 1 N–H and O–H groups in total. The van der Waals surface area contributed by atoms with Crippen LogP contribution in [0.15, 0.2) is 18.3 Å². The summed E-state index contributed by atoms with van der Waals surface area (Å²) < 4.78 is 5.39. The van der Waals surface area contributed by atoms with Crippen LogP contribution >= 0.6 is 0 Å². The molecule has 1 saturated heterocycles. The molecule has 132 valence electrons. The van der Waals surface area contributed by atoms with Gasteiger partial charge in [-0.05, 0) is 31.9 Å². The fourth-order valence-corrected chi connectivity index (χ4v) is 3.57. The van der Waals surface area contributed by atoms with Crippen molar-refractivity contribution in [3.63, 3.8) is 0 Å². The second-order valence-corrected chi connectivity index (χ2v) is 7.07. The summed E-state index contributed by atoms with van der Waals surface area (Å²) in [5.74, 6) is 2.70. The Morgan fingerprint density at radius 1 is 1.40 bits per heavy atom. The third-order valence-corrected chi connectivity index (χ3v) is 5.07. The van der Waals surface area contributed by atoms with Crippen LogP contribution in [0, 0.1) is 12.8 Å². The Labute approximate surface area is 146 Å². The monoisotopic (exact) mass is 341 g/mol. The third-order valence-electron chi connectivity index (χ3n) is 5.07. The highest BCUT2D eigenvalue weighted by atomic mass is 16.5. The van der Waals surface area contributed by atoms with Gasteiger partial charge in [0.2, 0.25) is 0 Å². The molecule has 2 fully saturated rings. The molecule has 7 nitrogen and oxygen atoms in total. The number of aromatic nitrogens is 4. The van der Waals surface area contributed by atoms with Crippen LogP contribution in [0.2, 0.25) is 0 Å². The SMILES string of the molecule is COC[C@@H]1CN(C(=O)c2ccnc(C)c2)C[C@H]1c1nc(C2CC2)n[nH]1. The number of aromatic amines is 1. The molecule has 2 atom stereocenters. The Morgan fingerprint density at radius 3 is 2.96 bits per heavy atom. The van der Waals surface area contributed by atoms with Crippen molar-refractivity contribution >= 4 is 5.91 Å². The fourth-order valence-electron chi connectivity index (χ4n) is 3.57. The maximum Gasteiger partial charge on any atom is 0.254 e. The molecule has 0 bridgehead atoms. The first-order chi connectivity index (χ1) is 12.2. The van der Waals surface area contributed by atoms with Gasteiger partial charge < -0.3 is 9.64 Å². The van der Waals surface area contributed by atoms with Crippen molar-refractivity contribution in [3.05, 3.63) is 41.2 Å². The summed E-state index contributed by atoms with van der Waals surface area (Å²) in [6.45, 7) is 3.79. The van der Waals surface area contributed by atoms with E-state index in [1.165, 1.54) is 12.8 Å². The van der Waals surface area contributed by atoms with Gasteiger partial charge in [-0.15, -0.1) is 0 Å². The van der Waals surface area contributed by atoms with E-state index in [9.17, 15) is 4.79 Å². The van der Waals surface area contributed by atoms with E-state index in [2.05, 4.69) is 15.2 Å². The molecule has 0 spiro atoms. The summed E-state index contributed by atoms with van der Waals surface area (Å²) in [7, 11) is 1.70. The normalized spacial score (nSPS) is 23.2. The van der Waals surface area contributed by atoms with Gasteiger partial charge in [0.25, 0.3) is 5.91 Å². The van der Waals surface area contributed by atoms with Gasteiger partial charge >= 0.3 is 0 Å². The zero-order valence-electron chi connectivity index (χ0n) is 14.6. The highest BCUT2D eigenvalue weighted by Gasteiger charge is 2.39. The third kappa shape index (κ3) is 3.28. The Bertz CT molecular complexity index is 770. The van der Waals surface area contributed by atoms with Crippen LogP contribution < -0.4 is 0 Å². The number of carbonyl (C=O) groups excluding carboxylic acids is 1. The van der Waals surface area contributed by atoms with E-state index in [0.29, 0.717) is 31.2 Å². The number of aryl methyl sites for hydroxylation is 1. The van der Waals surface area contributed by atoms with Gasteiger partial charge in [0.05, 0.1) is 6.61 Å². The minimum atomic E-state index is 0.0380. The zero-order chi connectivity index (χ0) is 17.4. The van der Waals surface area contributed by atoms with Gasteiger partial charge in [-0.2, -0.15) is 5.10 Å². The minimum absolute atomic E-state index is 0.0380. The minimum Gasteiger partial charge on any atom is -0.384 e. The number of rotatable bonds is 5. The summed E-state index contributed by atoms with van der Waals surface area (Å²) in [6, 6.07) is 3.61. The molecule has 4 rings (SSSR count). The molecule has 25 heavy (non-hydrogen) atoms. The molecule has 2 aromatic heterocycles. The van der Waals surface area contributed by atoms with Gasteiger partial charge in [0.1, 0.15) is 5.82 Å². The first-order valence-electron chi connectivity index (χ1n) is 8.78. The second-order valence-electron chi connectivity index (χ2n) is 7.07. The molecular weight excluding hydrogens is 318 g/mol. The summed E-state index contributed by atoms with van der Waals surface area (Å²) >= 11 is 0. The molecule has 1 amide bonds. The van der Waals surface area contributed by atoms with Crippen molar-refractivity contribution < 1.29 is 9.53 Å². The maximum atomic E-state index is 12.9. The quantitative estimate of drug-likeness (QED) is 0.898. The van der Waals surface area contributed by atoms with Crippen molar-refractivity contribution in [2.75, 3.05) is 26.8 Å². The number of nitrogens with zero attached hydrogens (tertiary/aromatic N) is 4. The fraction of sp³-hybridized carbons (Fsp3) is 0.556. The second kappa shape index (κ2) is 6.55. The van der Waals surface area contributed by atoms with Crippen molar-refractivity contribution in [2.45, 2.75) is 31.6 Å². The lowest BCUT2D eigenvalue weighted by atomic mass is 9.96. The first-order valence-corrected chi connectivity index (χ1v) is 8.78. The van der Waals surface area contributed by atoms with Crippen LogP contribution in [0.3, 0.4) is 0 Å². The van der Waals surface area contributed by atoms with Gasteiger partial charge in [0.15, 0.2) is 5.82 Å². The largest absolute Gasteiger partial charge is 0.384 e. The lowest BCUT2D eigenvalue weighted by molar-refractivity contribution is 0.0775. The number of methoxy groups -OCH3 is 1. The van der Waals surface area contributed by atoms with Crippen molar-refractivity contribution in [3.8, 4) is 0 Å². The average molecular weight is 341 g/mol. The van der Waals surface area contributed by atoms with Crippen molar-refractivity contribution in [1.82, 2.24) is 25.1 Å². The van der Waals surface area contributed by atoms with Crippen LogP contribution in [-0.2, 0) is 4.74 Å². The maximum absolute atomic E-state index is 12.9. The Balaban J connectivity index is 1.54. The average Bonchev–Trinajstić information content (AvgIpc) is 3.19. The van der Waals surface area contributed by atoms with Crippen LogP contribution in [0.25, 0.3) is 0 Å². The number of nitrogens with one attached hydrogen (secondary N) is 1. The summed E-state index contributed by atoms with van der Waals surface area (Å²) in [4.78, 5) is 23.6. The Morgan fingerprint density at radius 2 is 2.24 bits per heavy atom. The number of ether oxygens (including phenoxy) is 1. The number of carbonyl (C=O) groups is 1. The molecule has 0 aromatic carbocycles. The van der Waals surface area contributed by atoms with E-state index < -0.39 is 0 Å². The van der Waals surface area contributed by atoms with E-state index in [0.717, 1.165) is 17.3 Å². The number of likely N-dealkylation sites (tertiary alicyclic amines) is 1. The molecule has 0 radical (unpaired) electrons. The predicted octanol–water partition coefficient (Wildman–Crippen LogP) is 1.89. The Kier molecular flexibility index (Phi) is 4.25. The highest BCUT2D eigenvalue weighted by Crippen LogP contribution is 2.39. The van der Waals surface area contributed by atoms with E-state index in [-0.39, 0.29) is 17.7 Å². The number of amides is 1. The molecule has 3 heterocycles. The Hall–Kier alpha value is -2.28. The summed E-state index contributed by atoms with van der Waals surface area (Å²) in [5.41, 5.74) is 1.53. The molecule has 2 aliphatic rings. The standard InChI is InChI=1S/C18H23N5O2/c1-11-7-13(5-6-19-11)18(24)23-8-14(10-25-2)15(9-23)17-20-16(21-22-17)12-3-4-12/h5-7,12,14-15H,3-4,8-10H2,1-2H3,(H,20,21,22)/t14-,15+/m0/s1. The zero-order valence-corrected chi connectivity index (χ0v) is 14.6. The number of pyridine rings is 1. The molecule has 0 unspecified atom stereocenters. The summed E-state index contributed by atoms with van der Waals surface area (Å²) in [5, 5.41) is 7.47. The summed E-state index contributed by atoms with van der Waals surface area (Å²) in [6.07, 6.45) is 4.03. The van der Waals surface area contributed by atoms with Crippen LogP contribution in [-0.4, -0.2) is 57.8 Å². The van der Waals surface area contributed by atoms with Crippen molar-refractivity contribution in [2.24, 2.45) is 5.92 Å². The topological polar surface area (TPSA) is 84.0 Å². The predicted molar refractivity (Wildman–Crippen MR) is 91.3 cm³/mol. The first kappa shape index (κ1) is 16.2. The smallest absolute Gasteiger partial charge is 0.254 e. The van der Waals surface area contributed by atoms with Gasteiger partial charge in [-0.3, -0.25) is 14.9 Å². The van der Waals surface area contributed by atoms with Gasteiger partial charge in [0, 0.05) is 55.4 Å². The molecule has 1 aliphatic carbocycles. The number of H-pyrrole nitrogens is 1. The number of hydrogen-bond acceptors (Lipinski definition) is 5. The number of hydrogen-bond donors (Lipinski definition) is 1. The van der Waals surface area contributed by atoms with E-state index >= 15 is 0 Å². The molecule has 1 aliphatic heterocycles. The van der Waals surface area contributed by atoms with Crippen LogP contribution in [0.5, 0.6) is 0 Å².